The summed E-state index contributed by atoms with van der Waals surface area (Å²) in [6.07, 6.45) is 1.49. The van der Waals surface area contributed by atoms with Crippen molar-refractivity contribution >= 4 is 51.9 Å². The summed E-state index contributed by atoms with van der Waals surface area (Å²) >= 11 is 13.0. The first-order chi connectivity index (χ1) is 11.0. The molecule has 1 heterocycles. The fourth-order valence-electron chi connectivity index (χ4n) is 1.64. The molecule has 2 aromatic rings. The number of thiazole rings is 1. The van der Waals surface area contributed by atoms with Gasteiger partial charge >= 0.3 is 5.97 Å². The standard InChI is InChI=1S/C14H13Cl2N3O3S/c1-2-22-12(20)5-10-7-23-14(18-10)19-17-6-8-3-9(15)4-11(16)13(8)21/h3-4,6-7,21H,2,5H2,1H3,(H,18,19). The molecular weight excluding hydrogens is 361 g/mol. The van der Waals surface area contributed by atoms with Gasteiger partial charge in [-0.05, 0) is 19.1 Å². The third-order valence-electron chi connectivity index (χ3n) is 2.60. The Bertz CT molecular complexity index is 734. The first kappa shape index (κ1) is 17.5. The number of anilines is 1. The molecule has 0 atom stereocenters. The molecule has 0 spiro atoms. The van der Waals surface area contributed by atoms with E-state index in [0.717, 1.165) is 0 Å². The van der Waals surface area contributed by atoms with Gasteiger partial charge in [0, 0.05) is 16.0 Å². The molecule has 0 amide bonds. The first-order valence-electron chi connectivity index (χ1n) is 6.56. The lowest BCUT2D eigenvalue weighted by Gasteiger charge is -2.02. The third kappa shape index (κ3) is 5.09. The second kappa shape index (κ2) is 8.14. The lowest BCUT2D eigenvalue weighted by Crippen LogP contribution is -2.07. The number of phenols is 1. The van der Waals surface area contributed by atoms with Crippen LogP contribution in [0, 0.1) is 0 Å². The van der Waals surface area contributed by atoms with E-state index in [1.807, 2.05) is 0 Å². The molecule has 1 aromatic heterocycles. The number of phenolic OH excluding ortho intramolecular Hbond substituents is 1. The van der Waals surface area contributed by atoms with Gasteiger partial charge in [0.05, 0.1) is 30.0 Å². The van der Waals surface area contributed by atoms with Gasteiger partial charge in [0.1, 0.15) is 5.75 Å². The molecule has 0 aliphatic carbocycles. The lowest BCUT2D eigenvalue weighted by atomic mass is 10.2. The monoisotopic (exact) mass is 373 g/mol. The van der Waals surface area contributed by atoms with E-state index in [1.165, 1.54) is 29.7 Å². The Morgan fingerprint density at radius 2 is 2.30 bits per heavy atom. The van der Waals surface area contributed by atoms with Crippen molar-refractivity contribution in [1.82, 2.24) is 4.98 Å². The van der Waals surface area contributed by atoms with Crippen LogP contribution in [-0.2, 0) is 16.0 Å². The molecule has 9 heteroatoms. The number of nitrogens with zero attached hydrogens (tertiary/aromatic N) is 2. The maximum Gasteiger partial charge on any atom is 0.311 e. The Kier molecular flexibility index (Phi) is 6.20. The van der Waals surface area contributed by atoms with Crippen LogP contribution in [0.15, 0.2) is 22.6 Å². The summed E-state index contributed by atoms with van der Waals surface area (Å²) in [7, 11) is 0. The number of ether oxygens (including phenoxy) is 1. The van der Waals surface area contributed by atoms with Crippen LogP contribution in [-0.4, -0.2) is 28.9 Å². The Labute approximate surface area is 146 Å². The SMILES string of the molecule is CCOC(=O)Cc1csc(NN=Cc2cc(Cl)cc(Cl)c2O)n1. The minimum Gasteiger partial charge on any atom is -0.506 e. The fourth-order valence-corrected chi connectivity index (χ4v) is 2.81. The van der Waals surface area contributed by atoms with Crippen LogP contribution in [0.4, 0.5) is 5.13 Å². The molecule has 2 N–H and O–H groups in total. The summed E-state index contributed by atoms with van der Waals surface area (Å²) in [5, 5.41) is 16.5. The van der Waals surface area contributed by atoms with Gasteiger partial charge in [-0.15, -0.1) is 11.3 Å². The summed E-state index contributed by atoms with van der Waals surface area (Å²) in [4.78, 5) is 15.6. The molecule has 122 valence electrons. The number of carbonyl (C=O) groups is 1. The Morgan fingerprint density at radius 1 is 1.52 bits per heavy atom. The van der Waals surface area contributed by atoms with Crippen LogP contribution >= 0.6 is 34.5 Å². The second-order valence-corrected chi connectivity index (χ2v) is 6.02. The van der Waals surface area contributed by atoms with E-state index in [9.17, 15) is 9.90 Å². The smallest absolute Gasteiger partial charge is 0.311 e. The van der Waals surface area contributed by atoms with Crippen molar-refractivity contribution in [2.75, 3.05) is 12.0 Å². The van der Waals surface area contributed by atoms with Gasteiger partial charge in [-0.1, -0.05) is 23.2 Å². The zero-order valence-electron chi connectivity index (χ0n) is 12.0. The Morgan fingerprint density at radius 3 is 3.04 bits per heavy atom. The topological polar surface area (TPSA) is 83.8 Å². The Hall–Kier alpha value is -1.83. The molecule has 0 aliphatic rings. The number of aromatic hydroxyl groups is 1. The van der Waals surface area contributed by atoms with Gasteiger partial charge in [-0.3, -0.25) is 10.2 Å². The minimum absolute atomic E-state index is 0.108. The lowest BCUT2D eigenvalue weighted by molar-refractivity contribution is -0.142. The number of hydrogen-bond donors (Lipinski definition) is 2. The molecule has 0 radical (unpaired) electrons. The van der Waals surface area contributed by atoms with Crippen molar-refractivity contribution in [2.45, 2.75) is 13.3 Å². The van der Waals surface area contributed by atoms with Gasteiger partial charge in [-0.2, -0.15) is 5.10 Å². The van der Waals surface area contributed by atoms with Crippen LogP contribution in [0.5, 0.6) is 5.75 Å². The summed E-state index contributed by atoms with van der Waals surface area (Å²) in [6.45, 7) is 2.09. The average molecular weight is 374 g/mol. The molecule has 2 rings (SSSR count). The number of carbonyl (C=O) groups excluding carboxylic acids is 1. The summed E-state index contributed by atoms with van der Waals surface area (Å²) < 4.78 is 4.85. The van der Waals surface area contributed by atoms with E-state index in [4.69, 9.17) is 27.9 Å². The quantitative estimate of drug-likeness (QED) is 0.458. The molecular formula is C14H13Cl2N3O3S. The molecule has 0 fully saturated rings. The van der Waals surface area contributed by atoms with E-state index in [2.05, 4.69) is 15.5 Å². The van der Waals surface area contributed by atoms with Gasteiger partial charge in [0.2, 0.25) is 5.13 Å². The average Bonchev–Trinajstić information content (AvgIpc) is 2.91. The maximum absolute atomic E-state index is 11.4. The number of benzene rings is 1. The number of nitrogens with one attached hydrogen (secondary N) is 1. The van der Waals surface area contributed by atoms with Crippen LogP contribution in [0.3, 0.4) is 0 Å². The van der Waals surface area contributed by atoms with Crippen LogP contribution < -0.4 is 5.43 Å². The summed E-state index contributed by atoms with van der Waals surface area (Å²) in [5.41, 5.74) is 3.68. The number of aromatic nitrogens is 1. The van der Waals surface area contributed by atoms with Crippen molar-refractivity contribution in [3.05, 3.63) is 38.8 Å². The predicted octanol–water partition coefficient (Wildman–Crippen LogP) is 3.71. The van der Waals surface area contributed by atoms with Crippen molar-refractivity contribution in [3.8, 4) is 5.75 Å². The maximum atomic E-state index is 11.4. The minimum atomic E-state index is -0.327. The van der Waals surface area contributed by atoms with Crippen molar-refractivity contribution in [1.29, 1.82) is 0 Å². The number of hydrogen-bond acceptors (Lipinski definition) is 7. The molecule has 1 aromatic carbocycles. The van der Waals surface area contributed by atoms with E-state index in [1.54, 1.807) is 12.3 Å². The zero-order valence-corrected chi connectivity index (χ0v) is 14.4. The molecule has 0 saturated carbocycles. The number of esters is 1. The van der Waals surface area contributed by atoms with Crippen LogP contribution in [0.25, 0.3) is 0 Å². The number of hydrazone groups is 1. The molecule has 0 bridgehead atoms. The second-order valence-electron chi connectivity index (χ2n) is 4.32. The summed E-state index contributed by atoms with van der Waals surface area (Å²) in [5.74, 6) is -0.435. The van der Waals surface area contributed by atoms with Gasteiger partial charge in [0.15, 0.2) is 0 Å². The number of halogens is 2. The predicted molar refractivity (Wildman–Crippen MR) is 91.8 cm³/mol. The van der Waals surface area contributed by atoms with Crippen molar-refractivity contribution in [2.24, 2.45) is 5.10 Å². The van der Waals surface area contributed by atoms with E-state index in [0.29, 0.717) is 28.0 Å². The van der Waals surface area contributed by atoms with Crippen molar-refractivity contribution in [3.63, 3.8) is 0 Å². The van der Waals surface area contributed by atoms with E-state index >= 15 is 0 Å². The molecule has 23 heavy (non-hydrogen) atoms. The highest BCUT2D eigenvalue weighted by Gasteiger charge is 2.08. The van der Waals surface area contributed by atoms with E-state index in [-0.39, 0.29) is 23.2 Å². The number of rotatable bonds is 6. The highest BCUT2D eigenvalue weighted by molar-refractivity contribution is 7.13. The highest BCUT2D eigenvalue weighted by Crippen LogP contribution is 2.30. The third-order valence-corrected chi connectivity index (χ3v) is 3.91. The van der Waals surface area contributed by atoms with Gasteiger partial charge in [-0.25, -0.2) is 4.98 Å². The van der Waals surface area contributed by atoms with E-state index < -0.39 is 0 Å². The van der Waals surface area contributed by atoms with Gasteiger partial charge < -0.3 is 9.84 Å². The normalized spacial score (nSPS) is 10.9. The molecule has 0 unspecified atom stereocenters. The first-order valence-corrected chi connectivity index (χ1v) is 8.20. The Balaban J connectivity index is 1.99. The zero-order chi connectivity index (χ0) is 16.8. The highest BCUT2D eigenvalue weighted by atomic mass is 35.5. The molecule has 0 aliphatic heterocycles. The van der Waals surface area contributed by atoms with Crippen molar-refractivity contribution < 1.29 is 14.6 Å². The molecule has 0 saturated heterocycles. The largest absolute Gasteiger partial charge is 0.506 e. The summed E-state index contributed by atoms with van der Waals surface area (Å²) in [6, 6.07) is 2.97. The van der Waals surface area contributed by atoms with Crippen LogP contribution in [0.2, 0.25) is 10.0 Å². The van der Waals surface area contributed by atoms with Gasteiger partial charge in [0.25, 0.3) is 0 Å². The fraction of sp³-hybridized carbons (Fsp3) is 0.214. The molecule has 6 nitrogen and oxygen atoms in total. The van der Waals surface area contributed by atoms with Crippen LogP contribution in [0.1, 0.15) is 18.2 Å².